The van der Waals surface area contributed by atoms with E-state index in [1.807, 2.05) is 0 Å². The average molecular weight is 323 g/mol. The zero-order valence-electron chi connectivity index (χ0n) is 14.0. The van der Waals surface area contributed by atoms with Crippen LogP contribution in [0, 0.1) is 0 Å². The third kappa shape index (κ3) is 18.9. The summed E-state index contributed by atoms with van der Waals surface area (Å²) in [4.78, 5) is 10.5. The maximum absolute atomic E-state index is 10.5. The highest BCUT2D eigenvalue weighted by atomic mass is 35.5. The van der Waals surface area contributed by atoms with Crippen LogP contribution in [0.2, 0.25) is 0 Å². The highest BCUT2D eigenvalue weighted by Crippen LogP contribution is 2.02. The second-order valence-electron chi connectivity index (χ2n) is 5.34. The molecule has 0 N–H and O–H groups in total. The molecule has 0 aliphatic heterocycles. The van der Waals surface area contributed by atoms with E-state index in [2.05, 4.69) is 55.5 Å². The molecule has 0 atom stereocenters. The zero-order valence-corrected chi connectivity index (χ0v) is 14.7. The number of hydrogen-bond donors (Lipinski definition) is 0. The van der Waals surface area contributed by atoms with Crippen molar-refractivity contribution in [3.05, 3.63) is 48.6 Å². The Bertz CT molecular complexity index is 364. The van der Waals surface area contributed by atoms with Gasteiger partial charge < -0.3 is 0 Å². The summed E-state index contributed by atoms with van der Waals surface area (Å²) in [5.41, 5.74) is 0. The van der Waals surface area contributed by atoms with Crippen molar-refractivity contribution in [1.82, 2.24) is 0 Å². The summed E-state index contributed by atoms with van der Waals surface area (Å²) < 4.78 is 0. The number of hydrogen-bond acceptors (Lipinski definition) is 1. The van der Waals surface area contributed by atoms with Crippen molar-refractivity contribution < 1.29 is 4.79 Å². The number of carbonyl (C=O) groups excluding carboxylic acids is 1. The Morgan fingerprint density at radius 3 is 1.64 bits per heavy atom. The average Bonchev–Trinajstić information content (AvgIpc) is 2.50. The van der Waals surface area contributed by atoms with Crippen LogP contribution in [0.25, 0.3) is 0 Å². The lowest BCUT2D eigenvalue weighted by molar-refractivity contribution is -0.111. The second-order valence-corrected chi connectivity index (χ2v) is 5.76. The van der Waals surface area contributed by atoms with Crippen molar-refractivity contribution in [1.29, 1.82) is 0 Å². The van der Waals surface area contributed by atoms with Gasteiger partial charge in [0.15, 0.2) is 0 Å². The molecule has 0 saturated heterocycles. The predicted molar refractivity (Wildman–Crippen MR) is 99.3 cm³/mol. The van der Waals surface area contributed by atoms with Crippen molar-refractivity contribution in [3.8, 4) is 0 Å². The van der Waals surface area contributed by atoms with Gasteiger partial charge in [-0.3, -0.25) is 4.79 Å². The highest BCUT2D eigenvalue weighted by Gasteiger charge is 1.92. The molecular weight excluding hydrogens is 292 g/mol. The maximum atomic E-state index is 10.5. The molecule has 0 rings (SSSR count). The Hall–Kier alpha value is -1.08. The van der Waals surface area contributed by atoms with Crippen LogP contribution in [0.4, 0.5) is 0 Å². The maximum Gasteiger partial charge on any atom is 0.221 e. The summed E-state index contributed by atoms with van der Waals surface area (Å²) >= 11 is 5.26. The van der Waals surface area contributed by atoms with Gasteiger partial charge >= 0.3 is 0 Å². The van der Waals surface area contributed by atoms with E-state index in [-0.39, 0.29) is 5.24 Å². The number of unbranched alkanes of at least 4 members (excludes halogenated alkanes) is 4. The van der Waals surface area contributed by atoms with Gasteiger partial charge in [-0.15, -0.1) is 0 Å². The first-order valence-corrected chi connectivity index (χ1v) is 8.93. The lowest BCUT2D eigenvalue weighted by atomic mass is 10.2. The van der Waals surface area contributed by atoms with Gasteiger partial charge in [-0.05, 0) is 56.5 Å². The molecule has 0 aromatic rings. The Labute approximate surface area is 141 Å². The van der Waals surface area contributed by atoms with Gasteiger partial charge in [-0.25, -0.2) is 0 Å². The van der Waals surface area contributed by atoms with E-state index >= 15 is 0 Å². The minimum Gasteiger partial charge on any atom is -0.281 e. The first kappa shape index (κ1) is 20.9. The lowest BCUT2D eigenvalue weighted by Crippen LogP contribution is -1.83. The van der Waals surface area contributed by atoms with Crippen LogP contribution in [0.1, 0.15) is 71.1 Å². The molecular formula is C20H31ClO. The molecule has 1 nitrogen and oxygen atoms in total. The molecule has 0 heterocycles. The van der Waals surface area contributed by atoms with Crippen molar-refractivity contribution in [3.63, 3.8) is 0 Å². The highest BCUT2D eigenvalue weighted by molar-refractivity contribution is 6.63. The monoisotopic (exact) mass is 322 g/mol. The van der Waals surface area contributed by atoms with E-state index < -0.39 is 0 Å². The number of carbonyl (C=O) groups is 1. The third-order valence-electron chi connectivity index (χ3n) is 3.20. The fourth-order valence-electron chi connectivity index (χ4n) is 1.92. The molecule has 0 aliphatic rings. The Morgan fingerprint density at radius 1 is 0.727 bits per heavy atom. The van der Waals surface area contributed by atoms with E-state index in [0.29, 0.717) is 6.42 Å². The Morgan fingerprint density at radius 2 is 1.18 bits per heavy atom. The van der Waals surface area contributed by atoms with Gasteiger partial charge in [0.2, 0.25) is 5.24 Å². The first-order valence-electron chi connectivity index (χ1n) is 8.55. The molecule has 0 fully saturated rings. The minimum atomic E-state index is -0.240. The fourth-order valence-corrected chi connectivity index (χ4v) is 2.05. The standard InChI is InChI=1S/C20H31ClO/c1-2-3-4-5-6-7-8-9-10-11-12-13-14-15-16-17-18-19-20(21)22/h6-7,9-10,12-13,15-16H,2-5,8,11,14,17-19H2,1H3. The normalized spacial score (nSPS) is 12.5. The van der Waals surface area contributed by atoms with Crippen LogP contribution in [-0.2, 0) is 4.79 Å². The van der Waals surface area contributed by atoms with E-state index in [0.717, 1.165) is 32.1 Å². The van der Waals surface area contributed by atoms with E-state index in [4.69, 9.17) is 11.6 Å². The van der Waals surface area contributed by atoms with Crippen molar-refractivity contribution >= 4 is 16.8 Å². The van der Waals surface area contributed by atoms with E-state index in [9.17, 15) is 4.79 Å². The number of halogens is 1. The zero-order chi connectivity index (χ0) is 16.3. The molecule has 0 aromatic carbocycles. The number of allylic oxidation sites excluding steroid dienone is 8. The predicted octanol–water partition coefficient (Wildman–Crippen LogP) is 6.90. The SMILES string of the molecule is CCCCCC=CCC=CCC=CCC=CCCCC(=O)Cl. The van der Waals surface area contributed by atoms with Gasteiger partial charge in [0.25, 0.3) is 0 Å². The summed E-state index contributed by atoms with van der Waals surface area (Å²) in [6.45, 7) is 2.24. The molecule has 0 aliphatic carbocycles. The summed E-state index contributed by atoms with van der Waals surface area (Å²) in [5, 5.41) is -0.240. The molecule has 0 bridgehead atoms. The van der Waals surface area contributed by atoms with Crippen molar-refractivity contribution in [2.45, 2.75) is 71.1 Å². The molecule has 22 heavy (non-hydrogen) atoms. The number of rotatable bonds is 14. The van der Waals surface area contributed by atoms with Crippen LogP contribution in [0.5, 0.6) is 0 Å². The molecule has 124 valence electrons. The van der Waals surface area contributed by atoms with Gasteiger partial charge in [0.1, 0.15) is 0 Å². The van der Waals surface area contributed by atoms with Gasteiger partial charge in [0.05, 0.1) is 0 Å². The first-order chi connectivity index (χ1) is 10.8. The minimum absolute atomic E-state index is 0.240. The molecule has 0 saturated carbocycles. The van der Waals surface area contributed by atoms with E-state index in [1.54, 1.807) is 0 Å². The fraction of sp³-hybridized carbons (Fsp3) is 0.550. The molecule has 0 amide bonds. The quantitative estimate of drug-likeness (QED) is 0.193. The molecule has 0 unspecified atom stereocenters. The third-order valence-corrected chi connectivity index (χ3v) is 3.39. The van der Waals surface area contributed by atoms with Gasteiger partial charge in [-0.2, -0.15) is 0 Å². The van der Waals surface area contributed by atoms with Crippen LogP contribution in [-0.4, -0.2) is 5.24 Å². The lowest BCUT2D eigenvalue weighted by Gasteiger charge is -1.90. The van der Waals surface area contributed by atoms with Gasteiger partial charge in [0, 0.05) is 6.42 Å². The molecule has 2 heteroatoms. The van der Waals surface area contributed by atoms with Crippen LogP contribution in [0.3, 0.4) is 0 Å². The van der Waals surface area contributed by atoms with Crippen molar-refractivity contribution in [2.75, 3.05) is 0 Å². The topological polar surface area (TPSA) is 17.1 Å². The van der Waals surface area contributed by atoms with Crippen molar-refractivity contribution in [2.24, 2.45) is 0 Å². The summed E-state index contributed by atoms with van der Waals surface area (Å²) in [7, 11) is 0. The van der Waals surface area contributed by atoms with Crippen LogP contribution < -0.4 is 0 Å². The summed E-state index contributed by atoms with van der Waals surface area (Å²) in [6.07, 6.45) is 28.0. The van der Waals surface area contributed by atoms with Crippen LogP contribution >= 0.6 is 11.6 Å². The summed E-state index contributed by atoms with van der Waals surface area (Å²) in [5.74, 6) is 0. The largest absolute Gasteiger partial charge is 0.281 e. The molecule has 0 spiro atoms. The Kier molecular flexibility index (Phi) is 17.1. The Balaban J connectivity index is 3.40. The molecule has 0 aromatic heterocycles. The summed E-state index contributed by atoms with van der Waals surface area (Å²) in [6, 6.07) is 0. The van der Waals surface area contributed by atoms with E-state index in [1.165, 1.54) is 25.7 Å². The molecule has 0 radical (unpaired) electrons. The smallest absolute Gasteiger partial charge is 0.221 e. The van der Waals surface area contributed by atoms with Gasteiger partial charge in [-0.1, -0.05) is 68.4 Å². The second kappa shape index (κ2) is 18.0. The van der Waals surface area contributed by atoms with Crippen LogP contribution in [0.15, 0.2) is 48.6 Å².